The van der Waals surface area contributed by atoms with Crippen LogP contribution < -0.4 is 5.32 Å². The van der Waals surface area contributed by atoms with Crippen LogP contribution in [0.25, 0.3) is 0 Å². The SMILES string of the molecule is Cc1cc([N+](=O)[O-])ccc1C(=O)Nc1ccccc1C(C)O. The molecule has 0 heterocycles. The smallest absolute Gasteiger partial charge is 0.269 e. The number of nitrogens with zero attached hydrogens (tertiary/aromatic N) is 1. The van der Waals surface area contributed by atoms with Gasteiger partial charge in [0.25, 0.3) is 11.6 Å². The second kappa shape index (κ2) is 6.36. The molecule has 0 aromatic heterocycles. The molecular formula is C16H16N2O4. The number of carbonyl (C=O) groups is 1. The van der Waals surface area contributed by atoms with Gasteiger partial charge in [0.15, 0.2) is 0 Å². The first-order valence-corrected chi connectivity index (χ1v) is 6.73. The lowest BCUT2D eigenvalue weighted by Gasteiger charge is -2.13. The van der Waals surface area contributed by atoms with Crippen molar-refractivity contribution in [1.82, 2.24) is 0 Å². The molecule has 0 spiro atoms. The van der Waals surface area contributed by atoms with Gasteiger partial charge in [0.2, 0.25) is 0 Å². The zero-order chi connectivity index (χ0) is 16.3. The van der Waals surface area contributed by atoms with Crippen LogP contribution in [0, 0.1) is 17.0 Å². The summed E-state index contributed by atoms with van der Waals surface area (Å²) in [6.07, 6.45) is -0.713. The third-order valence-corrected chi connectivity index (χ3v) is 3.32. The van der Waals surface area contributed by atoms with E-state index in [4.69, 9.17) is 0 Å². The number of aliphatic hydroxyl groups excluding tert-OH is 1. The maximum absolute atomic E-state index is 12.3. The van der Waals surface area contributed by atoms with Gasteiger partial charge >= 0.3 is 0 Å². The Hall–Kier alpha value is -2.73. The maximum Gasteiger partial charge on any atom is 0.269 e. The maximum atomic E-state index is 12.3. The molecule has 6 heteroatoms. The predicted octanol–water partition coefficient (Wildman–Crippen LogP) is 3.21. The molecule has 0 bridgehead atoms. The average molecular weight is 300 g/mol. The number of hydrogen-bond acceptors (Lipinski definition) is 4. The molecule has 114 valence electrons. The van der Waals surface area contributed by atoms with Gasteiger partial charge in [-0.2, -0.15) is 0 Å². The minimum Gasteiger partial charge on any atom is -0.389 e. The second-order valence-corrected chi connectivity index (χ2v) is 4.97. The Kier molecular flexibility index (Phi) is 4.53. The molecule has 6 nitrogen and oxygen atoms in total. The Balaban J connectivity index is 2.29. The molecule has 1 amide bonds. The predicted molar refractivity (Wildman–Crippen MR) is 82.9 cm³/mol. The van der Waals surface area contributed by atoms with Gasteiger partial charge in [-0.25, -0.2) is 0 Å². The van der Waals surface area contributed by atoms with Crippen LogP contribution in [-0.4, -0.2) is 15.9 Å². The van der Waals surface area contributed by atoms with Gasteiger partial charge in [0, 0.05) is 28.9 Å². The normalized spacial score (nSPS) is 11.8. The highest BCUT2D eigenvalue weighted by atomic mass is 16.6. The first kappa shape index (κ1) is 15.7. The van der Waals surface area contributed by atoms with E-state index in [-0.39, 0.29) is 11.6 Å². The lowest BCUT2D eigenvalue weighted by Crippen LogP contribution is -2.15. The topological polar surface area (TPSA) is 92.5 Å². The fraction of sp³-hybridized carbons (Fsp3) is 0.188. The summed E-state index contributed by atoms with van der Waals surface area (Å²) in [4.78, 5) is 22.5. The molecule has 1 atom stereocenters. The summed E-state index contributed by atoms with van der Waals surface area (Å²) in [7, 11) is 0. The van der Waals surface area contributed by atoms with Crippen LogP contribution in [0.4, 0.5) is 11.4 Å². The summed E-state index contributed by atoms with van der Waals surface area (Å²) in [6, 6.07) is 11.0. The quantitative estimate of drug-likeness (QED) is 0.670. The molecule has 0 saturated carbocycles. The fourth-order valence-electron chi connectivity index (χ4n) is 2.18. The van der Waals surface area contributed by atoms with Crippen molar-refractivity contribution >= 4 is 17.3 Å². The number of nitro benzene ring substituents is 1. The van der Waals surface area contributed by atoms with Crippen molar-refractivity contribution in [1.29, 1.82) is 0 Å². The first-order valence-electron chi connectivity index (χ1n) is 6.73. The Labute approximate surface area is 127 Å². The van der Waals surface area contributed by atoms with Crippen LogP contribution in [0.5, 0.6) is 0 Å². The van der Waals surface area contributed by atoms with E-state index in [1.54, 1.807) is 38.1 Å². The molecule has 0 radical (unpaired) electrons. The van der Waals surface area contributed by atoms with Gasteiger partial charge in [-0.15, -0.1) is 0 Å². The number of aliphatic hydroxyl groups is 1. The molecule has 0 saturated heterocycles. The number of nitrogens with one attached hydrogen (secondary N) is 1. The number of benzene rings is 2. The summed E-state index contributed by atoms with van der Waals surface area (Å²) in [5, 5.41) is 23.2. The Morgan fingerprint density at radius 1 is 1.27 bits per heavy atom. The van der Waals surface area contributed by atoms with Crippen molar-refractivity contribution in [3.63, 3.8) is 0 Å². The number of non-ortho nitro benzene ring substituents is 1. The lowest BCUT2D eigenvalue weighted by atomic mass is 10.1. The molecule has 22 heavy (non-hydrogen) atoms. The summed E-state index contributed by atoms with van der Waals surface area (Å²) >= 11 is 0. The molecule has 0 aliphatic carbocycles. The van der Waals surface area contributed by atoms with E-state index in [1.165, 1.54) is 18.2 Å². The van der Waals surface area contributed by atoms with Crippen LogP contribution in [0.3, 0.4) is 0 Å². The average Bonchev–Trinajstić information content (AvgIpc) is 2.47. The van der Waals surface area contributed by atoms with Gasteiger partial charge in [-0.1, -0.05) is 18.2 Å². The summed E-state index contributed by atoms with van der Waals surface area (Å²) in [5.41, 5.74) is 1.93. The van der Waals surface area contributed by atoms with E-state index < -0.39 is 11.0 Å². The standard InChI is InChI=1S/C16H16N2O4/c1-10-9-12(18(21)22)7-8-13(10)16(20)17-15-6-4-3-5-14(15)11(2)19/h3-9,11,19H,1-2H3,(H,17,20). The highest BCUT2D eigenvalue weighted by Gasteiger charge is 2.15. The second-order valence-electron chi connectivity index (χ2n) is 4.97. The molecule has 0 fully saturated rings. The molecule has 0 aliphatic heterocycles. The third-order valence-electron chi connectivity index (χ3n) is 3.32. The third kappa shape index (κ3) is 3.29. The van der Waals surface area contributed by atoms with Crippen LogP contribution in [0.1, 0.15) is 34.5 Å². The molecule has 2 rings (SSSR count). The molecule has 1 unspecified atom stereocenters. The number of rotatable bonds is 4. The van der Waals surface area contributed by atoms with Crippen LogP contribution in [0.15, 0.2) is 42.5 Å². The van der Waals surface area contributed by atoms with Crippen molar-refractivity contribution in [3.05, 3.63) is 69.3 Å². The van der Waals surface area contributed by atoms with E-state index in [1.807, 2.05) is 0 Å². The van der Waals surface area contributed by atoms with E-state index in [2.05, 4.69) is 5.32 Å². The number of carbonyl (C=O) groups excluding carboxylic acids is 1. The minimum absolute atomic E-state index is 0.0570. The zero-order valence-corrected chi connectivity index (χ0v) is 12.2. The van der Waals surface area contributed by atoms with Crippen LogP contribution in [-0.2, 0) is 0 Å². The summed E-state index contributed by atoms with van der Waals surface area (Å²) < 4.78 is 0. The van der Waals surface area contributed by atoms with Gasteiger partial charge in [0.05, 0.1) is 11.0 Å². The van der Waals surface area contributed by atoms with E-state index in [9.17, 15) is 20.0 Å². The molecule has 2 aromatic carbocycles. The summed E-state index contributed by atoms with van der Waals surface area (Å²) in [5.74, 6) is -0.375. The van der Waals surface area contributed by atoms with E-state index in [0.717, 1.165) is 0 Å². The van der Waals surface area contributed by atoms with Crippen molar-refractivity contribution in [2.45, 2.75) is 20.0 Å². The Bertz CT molecular complexity index is 726. The van der Waals surface area contributed by atoms with Gasteiger partial charge in [-0.3, -0.25) is 14.9 Å². The van der Waals surface area contributed by atoms with Crippen molar-refractivity contribution < 1.29 is 14.8 Å². The van der Waals surface area contributed by atoms with Gasteiger partial charge < -0.3 is 10.4 Å². The van der Waals surface area contributed by atoms with Crippen molar-refractivity contribution in [2.24, 2.45) is 0 Å². The number of aryl methyl sites for hydroxylation is 1. The highest BCUT2D eigenvalue weighted by Crippen LogP contribution is 2.24. The van der Waals surface area contributed by atoms with Crippen molar-refractivity contribution in [2.75, 3.05) is 5.32 Å². The lowest BCUT2D eigenvalue weighted by molar-refractivity contribution is -0.384. The highest BCUT2D eigenvalue weighted by molar-refractivity contribution is 6.05. The minimum atomic E-state index is -0.713. The number of nitro groups is 1. The zero-order valence-electron chi connectivity index (χ0n) is 12.2. The van der Waals surface area contributed by atoms with E-state index in [0.29, 0.717) is 22.4 Å². The van der Waals surface area contributed by atoms with Crippen molar-refractivity contribution in [3.8, 4) is 0 Å². The van der Waals surface area contributed by atoms with Crippen LogP contribution in [0.2, 0.25) is 0 Å². The van der Waals surface area contributed by atoms with E-state index >= 15 is 0 Å². The molecule has 2 N–H and O–H groups in total. The first-order chi connectivity index (χ1) is 10.4. The van der Waals surface area contributed by atoms with Gasteiger partial charge in [0.1, 0.15) is 0 Å². The monoisotopic (exact) mass is 300 g/mol. The molecule has 2 aromatic rings. The fourth-order valence-corrected chi connectivity index (χ4v) is 2.18. The number of hydrogen-bond donors (Lipinski definition) is 2. The number of amides is 1. The molecular weight excluding hydrogens is 284 g/mol. The Morgan fingerprint density at radius 3 is 2.55 bits per heavy atom. The largest absolute Gasteiger partial charge is 0.389 e. The molecule has 0 aliphatic rings. The number of para-hydroxylation sites is 1. The number of anilines is 1. The van der Waals surface area contributed by atoms with Gasteiger partial charge in [-0.05, 0) is 31.5 Å². The Morgan fingerprint density at radius 2 is 1.95 bits per heavy atom. The summed E-state index contributed by atoms with van der Waals surface area (Å²) in [6.45, 7) is 3.25. The van der Waals surface area contributed by atoms with Crippen LogP contribution >= 0.6 is 0 Å².